The lowest BCUT2D eigenvalue weighted by molar-refractivity contribution is -0.229. The predicted octanol–water partition coefficient (Wildman–Crippen LogP) is 10.9. The molecule has 48 heavy (non-hydrogen) atoms. The van der Waals surface area contributed by atoms with Crippen LogP contribution >= 0.6 is 0 Å². The maximum absolute atomic E-state index is 14.4. The van der Waals surface area contributed by atoms with Crippen LogP contribution in [0.5, 0.6) is 0 Å². The van der Waals surface area contributed by atoms with Gasteiger partial charge in [-0.25, -0.2) is 0 Å². The topological polar surface area (TPSA) is 55.8 Å². The summed E-state index contributed by atoms with van der Waals surface area (Å²) in [4.78, 5) is 14.4. The van der Waals surface area contributed by atoms with E-state index >= 15 is 0 Å². The fourth-order valence-electron chi connectivity index (χ4n) is 12.2. The molecule has 5 aliphatic rings. The number of rotatable bonds is 5. The minimum Gasteiger partial charge on any atom is -0.460 e. The van der Waals surface area contributed by atoms with Crippen molar-refractivity contribution in [3.63, 3.8) is 0 Å². The van der Waals surface area contributed by atoms with Crippen molar-refractivity contribution in [2.24, 2.45) is 50.2 Å². The van der Waals surface area contributed by atoms with Gasteiger partial charge in [-0.2, -0.15) is 0 Å². The van der Waals surface area contributed by atoms with Crippen LogP contribution in [0.2, 0.25) is 18.1 Å². The van der Waals surface area contributed by atoms with Gasteiger partial charge in [-0.3, -0.25) is 4.79 Å². The van der Waals surface area contributed by atoms with Gasteiger partial charge >= 0.3 is 5.97 Å². The fourth-order valence-corrected chi connectivity index (χ4v) is 13.6. The summed E-state index contributed by atoms with van der Waals surface area (Å²) in [7, 11) is -2.09. The van der Waals surface area contributed by atoms with Crippen LogP contribution in [0.4, 0.5) is 0 Å². The number of carbonyl (C=O) groups is 1. The molecule has 1 aromatic rings. The molecule has 1 aromatic carbocycles. The Hall–Kier alpha value is -1.43. The number of fused-ring (bicyclic) bond motifs is 7. The normalized spacial score (nSPS) is 41.9. The fraction of sp³-hybridized carbons (Fsp3) is 0.791. The van der Waals surface area contributed by atoms with Gasteiger partial charge in [-0.05, 0) is 126 Å². The molecule has 5 heteroatoms. The van der Waals surface area contributed by atoms with E-state index in [-0.39, 0.29) is 50.1 Å². The SMILES string of the molecule is CC1(C)CC[C@]2(C(=O)OCc3ccccc3)CC[C@]3(C)C(=CC[C@@H]4[C@@]5(C)C[C@H](O[Si](C)(C)C(C)(C)C)[C@@H](O)C(C)(C)[C@@H]5CC[C@]43C)[C@@H]2C1. The number of aliphatic hydroxyl groups excluding tert-OH is 1. The lowest BCUT2D eigenvalue weighted by Gasteiger charge is -2.72. The molecule has 0 spiro atoms. The van der Waals surface area contributed by atoms with Gasteiger partial charge in [0.1, 0.15) is 6.61 Å². The molecule has 0 radical (unpaired) electrons. The van der Waals surface area contributed by atoms with Crippen LogP contribution in [0.1, 0.15) is 133 Å². The van der Waals surface area contributed by atoms with E-state index in [4.69, 9.17) is 9.16 Å². The minimum absolute atomic E-state index is 0.0290. The summed E-state index contributed by atoms with van der Waals surface area (Å²) in [5.74, 6) is 1.21. The average Bonchev–Trinajstić information content (AvgIpc) is 2.98. The number of hydrogen-bond acceptors (Lipinski definition) is 4. The summed E-state index contributed by atoms with van der Waals surface area (Å²) in [6, 6.07) is 10.2. The standard InChI is InChI=1S/C43H68O4Si/c1-37(2,3)48(11,12)47-32-27-40(8)33(39(6,7)35(32)44)20-21-42(10)34(40)19-18-30-31-26-38(4,5)22-24-43(31,25-23-41(30,42)9)36(45)46-28-29-16-14-13-15-17-29/h13-18,31-35,44H,19-28H2,1-12H3/t31-,32-,33-,34+,35+,40-,41+,42+,43-/m0/s1. The van der Waals surface area contributed by atoms with Crippen LogP contribution in [-0.4, -0.2) is 31.6 Å². The Bertz CT molecular complexity index is 1420. The van der Waals surface area contributed by atoms with Gasteiger partial charge in [0.25, 0.3) is 0 Å². The van der Waals surface area contributed by atoms with Crippen LogP contribution < -0.4 is 0 Å². The number of hydrogen-bond donors (Lipinski definition) is 1. The Morgan fingerprint density at radius 2 is 1.54 bits per heavy atom. The van der Waals surface area contributed by atoms with Crippen LogP contribution in [0.15, 0.2) is 42.0 Å². The highest BCUT2D eigenvalue weighted by Gasteiger charge is 2.70. The number of esters is 1. The Kier molecular flexibility index (Phi) is 8.74. The number of aliphatic hydroxyl groups is 1. The molecule has 6 rings (SSSR count). The van der Waals surface area contributed by atoms with Crippen LogP contribution in [0.25, 0.3) is 0 Å². The Morgan fingerprint density at radius 1 is 0.896 bits per heavy atom. The number of benzene rings is 1. The molecule has 0 bridgehead atoms. The minimum atomic E-state index is -2.09. The number of carbonyl (C=O) groups excluding carboxylic acids is 1. The van der Waals surface area contributed by atoms with Crippen LogP contribution in [-0.2, 0) is 20.6 Å². The predicted molar refractivity (Wildman–Crippen MR) is 199 cm³/mol. The largest absolute Gasteiger partial charge is 0.460 e. The van der Waals surface area contributed by atoms with Gasteiger partial charge in [-0.1, -0.05) is 111 Å². The summed E-state index contributed by atoms with van der Waals surface area (Å²) in [6.45, 7) is 29.2. The monoisotopic (exact) mass is 676 g/mol. The molecule has 0 amide bonds. The summed E-state index contributed by atoms with van der Waals surface area (Å²) in [5.41, 5.74) is 2.38. The van der Waals surface area contributed by atoms with E-state index in [2.05, 4.69) is 101 Å². The molecule has 0 saturated heterocycles. The number of ether oxygens (including phenoxy) is 1. The Labute approximate surface area is 294 Å². The molecule has 268 valence electrons. The molecule has 4 saturated carbocycles. The molecule has 1 N–H and O–H groups in total. The summed E-state index contributed by atoms with van der Waals surface area (Å²) in [6.07, 6.45) is 11.4. The van der Waals surface area contributed by atoms with Crippen molar-refractivity contribution >= 4 is 14.3 Å². The zero-order valence-corrected chi connectivity index (χ0v) is 33.6. The third kappa shape index (κ3) is 5.37. The third-order valence-corrected chi connectivity index (χ3v) is 20.9. The second-order valence-electron chi connectivity index (χ2n) is 20.8. The number of allylic oxidation sites excluding steroid dienone is 2. The zero-order chi connectivity index (χ0) is 35.3. The van der Waals surface area contributed by atoms with Crippen molar-refractivity contribution in [1.29, 1.82) is 0 Å². The molecule has 4 nitrogen and oxygen atoms in total. The first-order valence-corrected chi connectivity index (χ1v) is 22.2. The maximum atomic E-state index is 14.4. The molecule has 0 aliphatic heterocycles. The van der Waals surface area contributed by atoms with Crippen LogP contribution in [0.3, 0.4) is 0 Å². The van der Waals surface area contributed by atoms with Crippen LogP contribution in [0, 0.1) is 50.2 Å². The molecule has 5 aliphatic carbocycles. The second-order valence-corrected chi connectivity index (χ2v) is 25.6. The van der Waals surface area contributed by atoms with Gasteiger partial charge in [-0.15, -0.1) is 0 Å². The first-order chi connectivity index (χ1) is 22.0. The first-order valence-electron chi connectivity index (χ1n) is 19.3. The third-order valence-electron chi connectivity index (χ3n) is 16.4. The quantitative estimate of drug-likeness (QED) is 0.192. The van der Waals surface area contributed by atoms with Gasteiger partial charge in [0.05, 0.1) is 17.6 Å². The van der Waals surface area contributed by atoms with Gasteiger partial charge in [0.2, 0.25) is 0 Å². The van der Waals surface area contributed by atoms with Crippen molar-refractivity contribution in [3.05, 3.63) is 47.5 Å². The van der Waals surface area contributed by atoms with Crippen molar-refractivity contribution in [2.75, 3.05) is 0 Å². The van der Waals surface area contributed by atoms with Crippen molar-refractivity contribution in [3.8, 4) is 0 Å². The highest BCUT2D eigenvalue weighted by Crippen LogP contribution is 2.76. The van der Waals surface area contributed by atoms with E-state index in [1.807, 2.05) is 18.2 Å². The Morgan fingerprint density at radius 3 is 2.19 bits per heavy atom. The van der Waals surface area contributed by atoms with Gasteiger partial charge < -0.3 is 14.3 Å². The molecule has 0 heterocycles. The molecule has 4 fully saturated rings. The lowest BCUT2D eigenvalue weighted by Crippen LogP contribution is -2.68. The molecule has 0 unspecified atom stereocenters. The highest BCUT2D eigenvalue weighted by atomic mass is 28.4. The molecular formula is C43H68O4Si. The van der Waals surface area contributed by atoms with Crippen molar-refractivity contribution in [1.82, 2.24) is 0 Å². The van der Waals surface area contributed by atoms with Crippen molar-refractivity contribution < 1.29 is 19.1 Å². The lowest BCUT2D eigenvalue weighted by atomic mass is 9.33. The summed E-state index contributed by atoms with van der Waals surface area (Å²) >= 11 is 0. The maximum Gasteiger partial charge on any atom is 0.313 e. The Balaban J connectivity index is 1.36. The average molecular weight is 677 g/mol. The van der Waals surface area contributed by atoms with E-state index in [1.54, 1.807) is 5.57 Å². The highest BCUT2D eigenvalue weighted by molar-refractivity contribution is 6.74. The van der Waals surface area contributed by atoms with E-state index < -0.39 is 19.8 Å². The van der Waals surface area contributed by atoms with E-state index in [1.165, 1.54) is 6.42 Å². The zero-order valence-electron chi connectivity index (χ0n) is 32.6. The molecular weight excluding hydrogens is 609 g/mol. The summed E-state index contributed by atoms with van der Waals surface area (Å²) < 4.78 is 13.4. The van der Waals surface area contributed by atoms with E-state index in [9.17, 15) is 9.90 Å². The van der Waals surface area contributed by atoms with Crippen molar-refractivity contribution in [2.45, 2.75) is 164 Å². The van der Waals surface area contributed by atoms with E-state index in [0.29, 0.717) is 18.4 Å². The summed E-state index contributed by atoms with van der Waals surface area (Å²) in [5, 5.41) is 12.1. The smallest absolute Gasteiger partial charge is 0.313 e. The second kappa shape index (κ2) is 11.5. The molecule has 0 aromatic heterocycles. The van der Waals surface area contributed by atoms with E-state index in [0.717, 1.165) is 56.9 Å². The molecule has 9 atom stereocenters. The van der Waals surface area contributed by atoms with Gasteiger partial charge in [0.15, 0.2) is 8.32 Å². The first kappa shape index (κ1) is 36.4. The van der Waals surface area contributed by atoms with Gasteiger partial charge in [0, 0.05) is 0 Å².